The van der Waals surface area contributed by atoms with Gasteiger partial charge in [0, 0.05) is 29.1 Å². The lowest BCUT2D eigenvalue weighted by Gasteiger charge is -2.08. The molecule has 0 N–H and O–H groups in total. The van der Waals surface area contributed by atoms with E-state index < -0.39 is 0 Å². The van der Waals surface area contributed by atoms with Crippen LogP contribution in [0.15, 0.2) is 14.7 Å². The molecule has 5 heteroatoms. The molecule has 0 saturated carbocycles. The van der Waals surface area contributed by atoms with Gasteiger partial charge < -0.3 is 4.90 Å². The largest absolute Gasteiger partial charge is 0.347 e. The Hall–Kier alpha value is -0.000000000000000111. The maximum absolute atomic E-state index is 10.3. The number of nitrogens with zero attached hydrogens (tertiary/aromatic N) is 1. The molecule has 0 atom stereocenters. The zero-order valence-electron chi connectivity index (χ0n) is 8.12. The molecular formula is C9H12BrNOS2. The van der Waals surface area contributed by atoms with Crippen molar-refractivity contribution >= 4 is 45.4 Å². The second-order valence-electron chi connectivity index (χ2n) is 2.91. The van der Waals surface area contributed by atoms with Crippen LogP contribution in [-0.4, -0.2) is 30.7 Å². The van der Waals surface area contributed by atoms with Crippen LogP contribution in [0.1, 0.15) is 4.88 Å². The maximum atomic E-state index is 10.3. The summed E-state index contributed by atoms with van der Waals surface area (Å²) in [4.78, 5) is 14.6. The summed E-state index contributed by atoms with van der Waals surface area (Å²) < 4.78 is 1.17. The molecule has 0 bridgehead atoms. The molecule has 1 aromatic heterocycles. The number of amides is 1. The van der Waals surface area contributed by atoms with Crippen molar-refractivity contribution in [2.75, 3.05) is 19.3 Å². The zero-order valence-corrected chi connectivity index (χ0v) is 11.3. The normalized spacial score (nSPS) is 10.2. The highest BCUT2D eigenvalue weighted by molar-refractivity contribution is 9.11. The van der Waals surface area contributed by atoms with Crippen molar-refractivity contribution in [2.45, 2.75) is 11.8 Å². The van der Waals surface area contributed by atoms with Gasteiger partial charge >= 0.3 is 0 Å². The summed E-state index contributed by atoms with van der Waals surface area (Å²) in [7, 11) is 1.80. The summed E-state index contributed by atoms with van der Waals surface area (Å²) >= 11 is 6.99. The first-order valence-corrected chi connectivity index (χ1v) is 6.77. The molecule has 2 nitrogen and oxygen atoms in total. The Bertz CT molecular complexity index is 314. The van der Waals surface area contributed by atoms with Crippen molar-refractivity contribution in [3.05, 3.63) is 14.7 Å². The molecule has 1 aromatic rings. The summed E-state index contributed by atoms with van der Waals surface area (Å²) in [6.45, 7) is 2.91. The number of thiophene rings is 1. The first-order chi connectivity index (χ1) is 6.63. The van der Waals surface area contributed by atoms with Gasteiger partial charge in [-0.2, -0.15) is 0 Å². The van der Waals surface area contributed by atoms with Crippen LogP contribution in [0.3, 0.4) is 0 Å². The topological polar surface area (TPSA) is 20.3 Å². The van der Waals surface area contributed by atoms with Gasteiger partial charge in [0.05, 0.1) is 3.79 Å². The van der Waals surface area contributed by atoms with Crippen LogP contribution in [-0.2, 0) is 4.79 Å². The predicted octanol–water partition coefficient (Wildman–Crippen LogP) is 3.00. The van der Waals surface area contributed by atoms with Crippen molar-refractivity contribution in [1.29, 1.82) is 0 Å². The minimum Gasteiger partial charge on any atom is -0.347 e. The first-order valence-electron chi connectivity index (χ1n) is 4.17. The van der Waals surface area contributed by atoms with E-state index in [1.807, 2.05) is 0 Å². The minimum absolute atomic E-state index is 0.793. The fraction of sp³-hybridized carbons (Fsp3) is 0.444. The quantitative estimate of drug-likeness (QED) is 0.614. The van der Waals surface area contributed by atoms with Crippen LogP contribution in [0.5, 0.6) is 0 Å². The van der Waals surface area contributed by atoms with Gasteiger partial charge in [-0.05, 0) is 28.9 Å². The SMILES string of the molecule is Cc1sc(Br)cc1SCCN(C)C=O. The fourth-order valence-corrected chi connectivity index (χ4v) is 4.04. The molecule has 0 spiro atoms. The summed E-state index contributed by atoms with van der Waals surface area (Å²) in [6.07, 6.45) is 0.858. The van der Waals surface area contributed by atoms with E-state index in [2.05, 4.69) is 28.9 Å². The van der Waals surface area contributed by atoms with Crippen molar-refractivity contribution < 1.29 is 4.79 Å². The molecule has 1 amide bonds. The smallest absolute Gasteiger partial charge is 0.209 e. The van der Waals surface area contributed by atoms with Crippen molar-refractivity contribution in [1.82, 2.24) is 4.90 Å². The van der Waals surface area contributed by atoms with Crippen molar-refractivity contribution in [3.63, 3.8) is 0 Å². The Labute approximate surface area is 101 Å². The molecule has 0 saturated heterocycles. The summed E-state index contributed by atoms with van der Waals surface area (Å²) in [5.74, 6) is 0.944. The summed E-state index contributed by atoms with van der Waals surface area (Å²) in [6, 6.07) is 2.13. The van der Waals surface area contributed by atoms with Crippen LogP contribution in [0, 0.1) is 6.92 Å². The molecule has 0 aliphatic rings. The zero-order chi connectivity index (χ0) is 10.6. The number of rotatable bonds is 5. The van der Waals surface area contributed by atoms with E-state index in [1.54, 1.807) is 35.0 Å². The van der Waals surface area contributed by atoms with Crippen LogP contribution in [0.2, 0.25) is 0 Å². The molecule has 0 aromatic carbocycles. The van der Waals surface area contributed by atoms with Gasteiger partial charge in [-0.15, -0.1) is 23.1 Å². The number of hydrogen-bond acceptors (Lipinski definition) is 3. The average Bonchev–Trinajstić information content (AvgIpc) is 2.45. The minimum atomic E-state index is 0.793. The molecule has 0 fully saturated rings. The number of thioether (sulfide) groups is 1. The van der Waals surface area contributed by atoms with E-state index in [0.29, 0.717) is 0 Å². The summed E-state index contributed by atoms with van der Waals surface area (Å²) in [5, 5.41) is 0. The number of carbonyl (C=O) groups excluding carboxylic acids is 1. The standard InChI is InChI=1S/C9H12BrNOS2/c1-7-8(5-9(10)14-7)13-4-3-11(2)6-12/h5-6H,3-4H2,1-2H3. The molecule has 0 radical (unpaired) electrons. The molecule has 0 aliphatic heterocycles. The predicted molar refractivity (Wildman–Crippen MR) is 66.2 cm³/mol. The van der Waals surface area contributed by atoms with Crippen molar-refractivity contribution in [2.24, 2.45) is 0 Å². The monoisotopic (exact) mass is 293 g/mol. The highest BCUT2D eigenvalue weighted by Crippen LogP contribution is 2.33. The highest BCUT2D eigenvalue weighted by atomic mass is 79.9. The molecule has 1 rings (SSSR count). The fourth-order valence-electron chi connectivity index (χ4n) is 0.926. The maximum Gasteiger partial charge on any atom is 0.209 e. The Morgan fingerprint density at radius 1 is 1.71 bits per heavy atom. The third kappa shape index (κ3) is 3.63. The first kappa shape index (κ1) is 12.1. The lowest BCUT2D eigenvalue weighted by Crippen LogP contribution is -2.18. The third-order valence-corrected chi connectivity index (χ3v) is 4.53. The van der Waals surface area contributed by atoms with Gasteiger partial charge in [0.2, 0.25) is 6.41 Å². The summed E-state index contributed by atoms with van der Waals surface area (Å²) in [5.41, 5.74) is 0. The second kappa shape index (κ2) is 5.78. The van der Waals surface area contributed by atoms with Crippen LogP contribution in [0.4, 0.5) is 0 Å². The van der Waals surface area contributed by atoms with E-state index in [9.17, 15) is 4.79 Å². The van der Waals surface area contributed by atoms with E-state index >= 15 is 0 Å². The van der Waals surface area contributed by atoms with Crippen LogP contribution in [0.25, 0.3) is 0 Å². The van der Waals surface area contributed by atoms with E-state index in [-0.39, 0.29) is 0 Å². The number of aryl methyl sites for hydroxylation is 1. The van der Waals surface area contributed by atoms with Crippen LogP contribution < -0.4 is 0 Å². The van der Waals surface area contributed by atoms with E-state index in [1.165, 1.54) is 13.6 Å². The molecule has 0 unspecified atom stereocenters. The van der Waals surface area contributed by atoms with Gasteiger partial charge in [-0.3, -0.25) is 4.79 Å². The number of hydrogen-bond donors (Lipinski definition) is 0. The number of carbonyl (C=O) groups is 1. The molecule has 0 aliphatic carbocycles. The molecular weight excluding hydrogens is 282 g/mol. The van der Waals surface area contributed by atoms with Gasteiger partial charge in [0.1, 0.15) is 0 Å². The number of halogens is 1. The highest BCUT2D eigenvalue weighted by Gasteiger charge is 2.04. The Kier molecular flexibility index (Phi) is 4.98. The average molecular weight is 294 g/mol. The van der Waals surface area contributed by atoms with Gasteiger partial charge in [-0.1, -0.05) is 0 Å². The Balaban J connectivity index is 2.38. The molecule has 1 heterocycles. The van der Waals surface area contributed by atoms with Crippen molar-refractivity contribution in [3.8, 4) is 0 Å². The second-order valence-corrected chi connectivity index (χ2v) is 6.68. The molecule has 14 heavy (non-hydrogen) atoms. The van der Waals surface area contributed by atoms with Gasteiger partial charge in [0.25, 0.3) is 0 Å². The Morgan fingerprint density at radius 2 is 2.43 bits per heavy atom. The lowest BCUT2D eigenvalue weighted by atomic mass is 10.5. The van der Waals surface area contributed by atoms with E-state index in [4.69, 9.17) is 0 Å². The third-order valence-electron chi connectivity index (χ3n) is 1.72. The molecule has 78 valence electrons. The lowest BCUT2D eigenvalue weighted by molar-refractivity contribution is -0.116. The Morgan fingerprint density at radius 3 is 2.93 bits per heavy atom. The van der Waals surface area contributed by atoms with Gasteiger partial charge in [0.15, 0.2) is 0 Å². The van der Waals surface area contributed by atoms with E-state index in [0.717, 1.165) is 18.7 Å². The van der Waals surface area contributed by atoms with Gasteiger partial charge in [-0.25, -0.2) is 0 Å². The van der Waals surface area contributed by atoms with Crippen LogP contribution >= 0.6 is 39.0 Å².